The Morgan fingerprint density at radius 3 is 2.71 bits per heavy atom. The van der Waals surface area contributed by atoms with Crippen LogP contribution in [0.5, 0.6) is 0 Å². The van der Waals surface area contributed by atoms with Crippen molar-refractivity contribution in [2.45, 2.75) is 25.9 Å². The fraction of sp³-hybridized carbons (Fsp3) is 0.600. The maximum absolute atomic E-state index is 13.2. The largest absolute Gasteiger partial charge is 0.418 e. The Balaban J connectivity index is 2.24. The van der Waals surface area contributed by atoms with Crippen LogP contribution >= 0.6 is 15.9 Å². The van der Waals surface area contributed by atoms with Gasteiger partial charge in [-0.3, -0.25) is 0 Å². The third-order valence-corrected chi connectivity index (χ3v) is 4.36. The van der Waals surface area contributed by atoms with E-state index >= 15 is 0 Å². The SMILES string of the molecule is CCN(CC1CCCNC1)c1ccc(Br)cc1C(F)(F)F. The van der Waals surface area contributed by atoms with Crippen molar-refractivity contribution in [1.82, 2.24) is 5.32 Å². The first-order valence-corrected chi connectivity index (χ1v) is 8.03. The second kappa shape index (κ2) is 7.01. The molecule has 1 heterocycles. The lowest BCUT2D eigenvalue weighted by atomic mass is 9.98. The van der Waals surface area contributed by atoms with E-state index < -0.39 is 11.7 Å². The molecule has 1 aromatic carbocycles. The van der Waals surface area contributed by atoms with Crippen molar-refractivity contribution in [2.24, 2.45) is 5.92 Å². The van der Waals surface area contributed by atoms with Crippen molar-refractivity contribution in [2.75, 3.05) is 31.1 Å². The number of benzene rings is 1. The first-order chi connectivity index (χ1) is 9.91. The summed E-state index contributed by atoms with van der Waals surface area (Å²) < 4.78 is 40.2. The number of piperidine rings is 1. The molecule has 0 aromatic heterocycles. The fourth-order valence-electron chi connectivity index (χ4n) is 2.80. The van der Waals surface area contributed by atoms with Crippen LogP contribution in [0, 0.1) is 5.92 Å². The van der Waals surface area contributed by atoms with E-state index in [4.69, 9.17) is 0 Å². The fourth-order valence-corrected chi connectivity index (χ4v) is 3.16. The molecule has 0 amide bonds. The monoisotopic (exact) mass is 364 g/mol. The van der Waals surface area contributed by atoms with Gasteiger partial charge in [-0.05, 0) is 57.0 Å². The average Bonchev–Trinajstić information content (AvgIpc) is 2.45. The quantitative estimate of drug-likeness (QED) is 0.856. The van der Waals surface area contributed by atoms with Crippen molar-refractivity contribution < 1.29 is 13.2 Å². The van der Waals surface area contributed by atoms with Crippen LogP contribution in [0.1, 0.15) is 25.3 Å². The minimum Gasteiger partial charge on any atom is -0.371 e. The van der Waals surface area contributed by atoms with Gasteiger partial charge in [-0.2, -0.15) is 13.2 Å². The van der Waals surface area contributed by atoms with Crippen LogP contribution in [0.15, 0.2) is 22.7 Å². The van der Waals surface area contributed by atoms with Gasteiger partial charge in [-0.1, -0.05) is 15.9 Å². The van der Waals surface area contributed by atoms with E-state index in [9.17, 15) is 13.2 Å². The van der Waals surface area contributed by atoms with Gasteiger partial charge in [-0.15, -0.1) is 0 Å². The Hall–Kier alpha value is -0.750. The van der Waals surface area contributed by atoms with Crippen LogP contribution < -0.4 is 10.2 Å². The molecule has 1 aromatic rings. The maximum Gasteiger partial charge on any atom is 0.418 e. The average molecular weight is 365 g/mol. The summed E-state index contributed by atoms with van der Waals surface area (Å²) in [6.07, 6.45) is -2.17. The lowest BCUT2D eigenvalue weighted by Crippen LogP contribution is -2.39. The van der Waals surface area contributed by atoms with Crippen LogP contribution in [0.4, 0.5) is 18.9 Å². The zero-order valence-electron chi connectivity index (χ0n) is 12.0. The minimum atomic E-state index is -4.34. The summed E-state index contributed by atoms with van der Waals surface area (Å²) in [6, 6.07) is 4.40. The van der Waals surface area contributed by atoms with E-state index in [0.29, 0.717) is 23.5 Å². The van der Waals surface area contributed by atoms with Crippen LogP contribution in [-0.2, 0) is 6.18 Å². The smallest absolute Gasteiger partial charge is 0.371 e. The van der Waals surface area contributed by atoms with E-state index in [1.807, 2.05) is 11.8 Å². The summed E-state index contributed by atoms with van der Waals surface area (Å²) >= 11 is 3.13. The molecule has 1 aliphatic heterocycles. The third kappa shape index (κ3) is 4.36. The Kier molecular flexibility index (Phi) is 5.54. The Bertz CT molecular complexity index is 470. The number of nitrogens with one attached hydrogen (secondary N) is 1. The molecule has 118 valence electrons. The molecule has 0 radical (unpaired) electrons. The number of alkyl halides is 3. The molecule has 1 unspecified atom stereocenters. The predicted octanol–water partition coefficient (Wildman–Crippen LogP) is 4.29. The molecule has 0 aliphatic carbocycles. The van der Waals surface area contributed by atoms with Gasteiger partial charge in [0.05, 0.1) is 5.56 Å². The molecule has 0 saturated carbocycles. The first-order valence-electron chi connectivity index (χ1n) is 7.24. The Morgan fingerprint density at radius 1 is 1.38 bits per heavy atom. The molecule has 0 spiro atoms. The normalized spacial score (nSPS) is 19.6. The van der Waals surface area contributed by atoms with Gasteiger partial charge >= 0.3 is 6.18 Å². The summed E-state index contributed by atoms with van der Waals surface area (Å²) in [6.45, 7) is 5.02. The highest BCUT2D eigenvalue weighted by molar-refractivity contribution is 9.10. The molecule has 1 N–H and O–H groups in total. The molecular weight excluding hydrogens is 345 g/mol. The summed E-state index contributed by atoms with van der Waals surface area (Å²) in [5, 5.41) is 3.31. The molecule has 1 aliphatic rings. The van der Waals surface area contributed by atoms with E-state index in [-0.39, 0.29) is 5.69 Å². The van der Waals surface area contributed by atoms with Gasteiger partial charge in [0, 0.05) is 23.2 Å². The van der Waals surface area contributed by atoms with Gasteiger partial charge in [0.2, 0.25) is 0 Å². The van der Waals surface area contributed by atoms with Gasteiger partial charge in [-0.25, -0.2) is 0 Å². The van der Waals surface area contributed by atoms with Crippen LogP contribution in [-0.4, -0.2) is 26.2 Å². The van der Waals surface area contributed by atoms with Crippen molar-refractivity contribution >= 4 is 21.6 Å². The number of anilines is 1. The van der Waals surface area contributed by atoms with Crippen LogP contribution in [0.25, 0.3) is 0 Å². The van der Waals surface area contributed by atoms with E-state index in [0.717, 1.165) is 32.0 Å². The topological polar surface area (TPSA) is 15.3 Å². The summed E-state index contributed by atoms with van der Waals surface area (Å²) in [5.74, 6) is 0.406. The number of hydrogen-bond acceptors (Lipinski definition) is 2. The molecular formula is C15H20BrF3N2. The highest BCUT2D eigenvalue weighted by Crippen LogP contribution is 2.38. The number of rotatable bonds is 4. The molecule has 1 fully saturated rings. The Labute approximate surface area is 131 Å². The van der Waals surface area contributed by atoms with Gasteiger partial charge in [0.25, 0.3) is 0 Å². The highest BCUT2D eigenvalue weighted by Gasteiger charge is 2.35. The van der Waals surface area contributed by atoms with E-state index in [1.54, 1.807) is 12.1 Å². The number of halogens is 4. The van der Waals surface area contributed by atoms with Gasteiger partial charge in [0.1, 0.15) is 0 Å². The van der Waals surface area contributed by atoms with Crippen molar-refractivity contribution in [1.29, 1.82) is 0 Å². The van der Waals surface area contributed by atoms with Gasteiger partial charge < -0.3 is 10.2 Å². The van der Waals surface area contributed by atoms with Crippen molar-refractivity contribution in [3.63, 3.8) is 0 Å². The lowest BCUT2D eigenvalue weighted by Gasteiger charge is -2.32. The molecule has 2 rings (SSSR count). The highest BCUT2D eigenvalue weighted by atomic mass is 79.9. The predicted molar refractivity (Wildman–Crippen MR) is 82.6 cm³/mol. The summed E-state index contributed by atoms with van der Waals surface area (Å²) in [5.41, 5.74) is -0.290. The third-order valence-electron chi connectivity index (χ3n) is 3.86. The number of hydrogen-bond donors (Lipinski definition) is 1. The number of nitrogens with zero attached hydrogens (tertiary/aromatic N) is 1. The molecule has 1 atom stereocenters. The summed E-state index contributed by atoms with van der Waals surface area (Å²) in [4.78, 5) is 1.84. The second-order valence-corrected chi connectivity index (χ2v) is 6.33. The standard InChI is InChI=1S/C15H20BrF3N2/c1-2-21(10-11-4-3-7-20-9-11)14-6-5-12(16)8-13(14)15(17,18)19/h5-6,8,11,20H,2-4,7,9-10H2,1H3. The lowest BCUT2D eigenvalue weighted by molar-refractivity contribution is -0.137. The van der Waals surface area contributed by atoms with E-state index in [2.05, 4.69) is 21.2 Å². The van der Waals surface area contributed by atoms with Crippen LogP contribution in [0.2, 0.25) is 0 Å². The van der Waals surface area contributed by atoms with E-state index in [1.165, 1.54) is 0 Å². The molecule has 21 heavy (non-hydrogen) atoms. The summed E-state index contributed by atoms with van der Waals surface area (Å²) in [7, 11) is 0. The molecule has 0 bridgehead atoms. The van der Waals surface area contributed by atoms with Crippen molar-refractivity contribution in [3.8, 4) is 0 Å². The zero-order chi connectivity index (χ0) is 15.5. The van der Waals surface area contributed by atoms with Gasteiger partial charge in [0.15, 0.2) is 0 Å². The second-order valence-electron chi connectivity index (χ2n) is 5.41. The maximum atomic E-state index is 13.2. The molecule has 6 heteroatoms. The molecule has 1 saturated heterocycles. The first kappa shape index (κ1) is 16.6. The zero-order valence-corrected chi connectivity index (χ0v) is 13.6. The minimum absolute atomic E-state index is 0.277. The molecule has 2 nitrogen and oxygen atoms in total. The van der Waals surface area contributed by atoms with Crippen LogP contribution in [0.3, 0.4) is 0 Å². The Morgan fingerprint density at radius 2 is 2.14 bits per heavy atom. The van der Waals surface area contributed by atoms with Crippen molar-refractivity contribution in [3.05, 3.63) is 28.2 Å².